The third-order valence-corrected chi connectivity index (χ3v) is 20.0. The Bertz CT molecular complexity index is 3030. The van der Waals surface area contributed by atoms with Crippen molar-refractivity contribution in [2.24, 2.45) is 116 Å². The number of aliphatic imine (C=N–C) groups is 6. The largest absolute Gasteiger partial charge is 0.370 e. The van der Waals surface area contributed by atoms with Gasteiger partial charge in [0.15, 0.2) is 35.8 Å². The van der Waals surface area contributed by atoms with Crippen molar-refractivity contribution < 1.29 is 28.8 Å². The molecular formula is C96H220N38O6. The summed E-state index contributed by atoms with van der Waals surface area (Å²) in [6, 6.07) is 1.46. The molecule has 0 aromatic carbocycles. The van der Waals surface area contributed by atoms with Crippen LogP contribution in [0.15, 0.2) is 30.0 Å². The topological polar surface area (TPSA) is 754 Å². The molecular weight excluding hydrogens is 1780 g/mol. The van der Waals surface area contributed by atoms with E-state index in [0.717, 1.165) is 194 Å². The van der Waals surface area contributed by atoms with E-state index in [1.807, 2.05) is 97.2 Å². The lowest BCUT2D eigenvalue weighted by Crippen LogP contribution is -2.47. The predicted octanol–water partition coefficient (Wildman–Crippen LogP) is -0.0304. The zero-order chi connectivity index (χ0) is 108. The van der Waals surface area contributed by atoms with Crippen LogP contribution in [0.5, 0.6) is 0 Å². The van der Waals surface area contributed by atoms with Gasteiger partial charge in [-0.25, -0.2) is 0 Å². The third-order valence-electron chi connectivity index (χ3n) is 20.0. The van der Waals surface area contributed by atoms with E-state index >= 15 is 0 Å². The van der Waals surface area contributed by atoms with Crippen molar-refractivity contribution in [2.45, 2.75) is 383 Å². The zero-order valence-corrected chi connectivity index (χ0v) is 91.9. The van der Waals surface area contributed by atoms with Crippen LogP contribution in [0.2, 0.25) is 0 Å². The molecule has 0 saturated heterocycles. The normalized spacial score (nSPS) is 12.2. The van der Waals surface area contributed by atoms with Gasteiger partial charge >= 0.3 is 0 Å². The number of guanidine groups is 6. The average molecular weight is 2000 g/mol. The highest BCUT2D eigenvalue weighted by Gasteiger charge is 2.24. The van der Waals surface area contributed by atoms with Crippen molar-refractivity contribution in [1.82, 2.24) is 89.6 Å². The molecule has 830 valence electrons. The minimum atomic E-state index is -0.231. The number of nitrogens with zero attached hydrogens (tertiary/aromatic N) is 8. The number of nitrogens with two attached hydrogens (primary N) is 15. The monoisotopic (exact) mass is 2000 g/mol. The van der Waals surface area contributed by atoms with Crippen molar-refractivity contribution in [2.75, 3.05) is 165 Å². The Labute approximate surface area is 849 Å². The van der Waals surface area contributed by atoms with Crippen molar-refractivity contribution >= 4 is 71.2 Å². The van der Waals surface area contributed by atoms with Gasteiger partial charge in [0, 0.05) is 133 Å². The Morgan fingerprint density at radius 2 is 0.471 bits per heavy atom. The molecule has 0 aromatic heterocycles. The Hall–Kier alpha value is -8.12. The summed E-state index contributed by atoms with van der Waals surface area (Å²) < 4.78 is 0. The lowest BCUT2D eigenvalue weighted by atomic mass is 10.1. The maximum Gasteiger partial charge on any atom is 0.237 e. The van der Waals surface area contributed by atoms with E-state index in [9.17, 15) is 28.8 Å². The van der Waals surface area contributed by atoms with Crippen molar-refractivity contribution in [3.8, 4) is 0 Å². The molecule has 44 nitrogen and oxygen atoms in total. The fourth-order valence-electron chi connectivity index (χ4n) is 13.2. The first-order valence-electron chi connectivity index (χ1n) is 52.4. The van der Waals surface area contributed by atoms with Gasteiger partial charge in [-0.15, -0.1) is 0 Å². The molecule has 6 atom stereocenters. The first-order chi connectivity index (χ1) is 66.2. The Morgan fingerprint density at radius 3 is 0.707 bits per heavy atom. The maximum absolute atomic E-state index is 12.4. The van der Waals surface area contributed by atoms with Crippen molar-refractivity contribution in [3.63, 3.8) is 0 Å². The van der Waals surface area contributed by atoms with Crippen molar-refractivity contribution in [1.29, 1.82) is 0 Å². The Morgan fingerprint density at radius 1 is 0.243 bits per heavy atom. The van der Waals surface area contributed by atoms with Crippen LogP contribution in [0.3, 0.4) is 0 Å². The molecule has 0 radical (unpaired) electrons. The Kier molecular flexibility index (Phi) is 107. The minimum Gasteiger partial charge on any atom is -0.370 e. The molecule has 45 N–H and O–H groups in total. The lowest BCUT2D eigenvalue weighted by molar-refractivity contribution is -0.124. The predicted molar refractivity (Wildman–Crippen MR) is 593 cm³/mol. The highest BCUT2D eigenvalue weighted by atomic mass is 16.2. The molecule has 0 aliphatic rings. The van der Waals surface area contributed by atoms with Gasteiger partial charge in [0.2, 0.25) is 35.4 Å². The molecule has 140 heavy (non-hydrogen) atoms. The summed E-state index contributed by atoms with van der Waals surface area (Å²) in [6.45, 7) is 57.2. The van der Waals surface area contributed by atoms with Crippen LogP contribution in [0.1, 0.15) is 298 Å². The summed E-state index contributed by atoms with van der Waals surface area (Å²) in [6.07, 6.45) is 24.2. The fraction of sp³-hybridized carbons (Fsp3) is 0.875. The molecule has 0 aliphatic heterocycles. The van der Waals surface area contributed by atoms with Crippen LogP contribution in [0.25, 0.3) is 0 Å². The number of unbranched alkanes of at least 4 members (excludes halogenated alkanes) is 7. The summed E-state index contributed by atoms with van der Waals surface area (Å²) in [5.74, 6) is 0.790. The van der Waals surface area contributed by atoms with Crippen LogP contribution in [-0.2, 0) is 28.8 Å². The standard InChI is InChI=1S/C18H40N6O.C17H38N6O.C15H33N5O.C14H32N6O.C12H28N6O.C11H26N6O.C9H23N3/c1-5-24(6-2)14-9-7-8-12-21-17(25)16(23-15(3)4)11-10-13-22-18(19)20;1-13(2)20-10-6-5-7-11-21-16(24)15(23-14(3)4)9-8-12-22-17(18)19;1-4-5-6-7-10-18-14(21)13(20-12(2)3)9-8-11-19-15(16)17;1-11(2)19-12(7-5-8-18-14(15)16)13(21)17-9-6-10-20(3)4;1-9(2)18-10(5-3-7-17-12(14)15)11(19)16-8-4-6-13;1-8(2)17-9(10(18)15-7-5-12)4-3-6-16-11(13)14;1-9(2)12-8-4-7-11-6-3-5-10/h15-16,23H,5-14H2,1-4H3,(H,21,25)(H4,19,20,22);13-15,20,23H,5-12H2,1-4H3,(H,21,24)(H4,18,19,22);12-13,20H,4-11H2,1-3H3,(H,18,21)(H4,16,17,19);11-12,19H,5-10H2,1-4H3,(H,17,21)(H4,15,16,18);9-10,18H,3-8,13H2,1-2H3,(H,16,19)(H4,14,15,17);8-9,17H,3-7,12H2,1-2H3,(H,15,18)(H4,13,14,16);9,11-12H,3-8,10H2,1-2H3. The smallest absolute Gasteiger partial charge is 0.237 e. The van der Waals surface area contributed by atoms with Gasteiger partial charge in [-0.1, -0.05) is 164 Å². The number of carbonyl (C=O) groups excluding carboxylic acids is 6. The number of hydrogen-bond donors (Lipinski definition) is 30. The first-order valence-corrected chi connectivity index (χ1v) is 52.4. The lowest BCUT2D eigenvalue weighted by Gasteiger charge is -2.21. The summed E-state index contributed by atoms with van der Waals surface area (Å²) >= 11 is 0. The van der Waals surface area contributed by atoms with Crippen LogP contribution < -0.4 is 166 Å². The van der Waals surface area contributed by atoms with Gasteiger partial charge in [-0.05, 0) is 214 Å². The van der Waals surface area contributed by atoms with E-state index in [4.69, 9.17) is 86.0 Å². The van der Waals surface area contributed by atoms with E-state index < -0.39 is 0 Å². The van der Waals surface area contributed by atoms with Gasteiger partial charge in [0.1, 0.15) is 0 Å². The molecule has 0 bridgehead atoms. The molecule has 0 heterocycles. The summed E-state index contributed by atoms with van der Waals surface area (Å²) in [4.78, 5) is 101. The van der Waals surface area contributed by atoms with Gasteiger partial charge in [0.25, 0.3) is 0 Å². The molecule has 6 amide bonds. The van der Waals surface area contributed by atoms with Gasteiger partial charge in [-0.2, -0.15) is 0 Å². The molecule has 0 fully saturated rings. The number of carbonyl (C=O) groups is 6. The summed E-state index contributed by atoms with van der Waals surface area (Å²) in [7, 11) is 4.04. The quantitative estimate of drug-likeness (QED) is 0.0216. The third kappa shape index (κ3) is 115. The van der Waals surface area contributed by atoms with E-state index in [2.05, 4.69) is 168 Å². The van der Waals surface area contributed by atoms with E-state index in [1.165, 1.54) is 32.1 Å². The molecule has 0 aromatic rings. The summed E-state index contributed by atoms with van der Waals surface area (Å²) in [5.41, 5.74) is 79.5. The second-order valence-corrected chi connectivity index (χ2v) is 37.4. The van der Waals surface area contributed by atoms with Crippen LogP contribution in [-0.4, -0.2) is 330 Å². The second kappa shape index (κ2) is 104. The van der Waals surface area contributed by atoms with Crippen LogP contribution >= 0.6 is 0 Å². The molecule has 0 spiro atoms. The van der Waals surface area contributed by atoms with E-state index in [-0.39, 0.29) is 144 Å². The molecule has 0 aliphatic carbocycles. The molecule has 0 rings (SSSR count). The van der Waals surface area contributed by atoms with E-state index in [1.54, 1.807) is 0 Å². The first kappa shape index (κ1) is 145. The number of rotatable bonds is 79. The molecule has 0 saturated carbocycles. The Balaban J connectivity index is -0.000000297. The second-order valence-electron chi connectivity index (χ2n) is 37.4. The minimum absolute atomic E-state index is 0.00634. The van der Waals surface area contributed by atoms with Gasteiger partial charge < -0.3 is 176 Å². The fourth-order valence-corrected chi connectivity index (χ4v) is 13.2. The van der Waals surface area contributed by atoms with Crippen molar-refractivity contribution in [3.05, 3.63) is 0 Å². The zero-order valence-electron chi connectivity index (χ0n) is 91.9. The summed E-state index contributed by atoms with van der Waals surface area (Å²) in [5, 5.41) is 47.5. The highest BCUT2D eigenvalue weighted by Crippen LogP contribution is 2.09. The van der Waals surface area contributed by atoms with E-state index in [0.29, 0.717) is 103 Å². The van der Waals surface area contributed by atoms with Gasteiger partial charge in [-0.3, -0.25) is 58.7 Å². The van der Waals surface area contributed by atoms with Gasteiger partial charge in [0.05, 0.1) is 36.3 Å². The molecule has 6 unspecified atom stereocenters. The maximum atomic E-state index is 12.4. The van der Waals surface area contributed by atoms with Crippen LogP contribution in [0.4, 0.5) is 0 Å². The average Bonchev–Trinajstić information content (AvgIpc) is 0.941. The SMILES string of the molecule is CC(C)NC(CCCN=C(N)N)C(=O)NCCCN.CC(C)NC(CCCN=C(N)N)C(=O)NCCCN(C)C.CC(C)NC(CCCN=C(N)N)C(=O)NCCN.CC(C)NCCCCCNC(=O)C(CCCN=C(N)N)NC(C)C.CC(C)NCCCNCCCN.CCCCCCNC(=O)C(CCCN=C(N)N)NC(C)C.CCN(CC)CCCCCNC(=O)C(CCCN=C(N)N)NC(C)C. The molecule has 44 heteroatoms. The number of hydrogen-bond acceptors (Lipinski definition) is 26. The number of amides is 6. The number of nitrogens with one attached hydrogen (secondary N) is 15. The van der Waals surface area contributed by atoms with Crippen LogP contribution in [0, 0.1) is 0 Å². The highest BCUT2D eigenvalue weighted by molar-refractivity contribution is 5.84.